The van der Waals surface area contributed by atoms with Gasteiger partial charge in [0.05, 0.1) is 5.52 Å². The van der Waals surface area contributed by atoms with Gasteiger partial charge in [-0.3, -0.25) is 4.79 Å². The highest BCUT2D eigenvalue weighted by atomic mass is 16.4. The molecular weight excluding hydrogens is 240 g/mol. The predicted octanol–water partition coefficient (Wildman–Crippen LogP) is 0.628. The van der Waals surface area contributed by atoms with Gasteiger partial charge in [-0.15, -0.1) is 0 Å². The van der Waals surface area contributed by atoms with Gasteiger partial charge in [0.15, 0.2) is 0 Å². The zero-order valence-corrected chi connectivity index (χ0v) is 9.22. The van der Waals surface area contributed by atoms with Gasteiger partial charge in [-0.1, -0.05) is 0 Å². The first-order chi connectivity index (χ1) is 8.40. The lowest BCUT2D eigenvalue weighted by atomic mass is 10.1. The van der Waals surface area contributed by atoms with Crippen LogP contribution in [0.3, 0.4) is 0 Å². The Morgan fingerprint density at radius 1 is 1.22 bits per heavy atom. The highest BCUT2D eigenvalue weighted by molar-refractivity contribution is 5.92. The van der Waals surface area contributed by atoms with Gasteiger partial charge < -0.3 is 15.2 Å². The number of nitrogens with one attached hydrogen (secondary N) is 1. The molecule has 0 spiro atoms. The Balaban J connectivity index is 2.88. The largest absolute Gasteiger partial charge is 0.477 e. The summed E-state index contributed by atoms with van der Waals surface area (Å²) in [7, 11) is 0. The molecule has 0 radical (unpaired) electrons. The molecule has 2 rings (SSSR count). The molecular formula is C11H8N2O5. The Bertz CT molecular complexity index is 732. The molecule has 0 aromatic carbocycles. The monoisotopic (exact) mass is 248 g/mol. The van der Waals surface area contributed by atoms with E-state index in [1.54, 1.807) is 6.92 Å². The third-order valence-electron chi connectivity index (χ3n) is 2.43. The smallest absolute Gasteiger partial charge is 0.354 e. The van der Waals surface area contributed by atoms with Crippen LogP contribution in [0.15, 0.2) is 16.9 Å². The molecule has 0 aliphatic carbocycles. The molecule has 0 amide bonds. The highest BCUT2D eigenvalue weighted by Gasteiger charge is 2.14. The van der Waals surface area contributed by atoms with Crippen molar-refractivity contribution in [2.75, 3.05) is 0 Å². The number of hydrogen-bond acceptors (Lipinski definition) is 4. The van der Waals surface area contributed by atoms with E-state index in [0.29, 0.717) is 5.56 Å². The Morgan fingerprint density at radius 2 is 1.89 bits per heavy atom. The molecule has 2 aromatic rings. The molecule has 2 heterocycles. The zero-order chi connectivity index (χ0) is 13.4. The first kappa shape index (κ1) is 11.8. The fraction of sp³-hybridized carbons (Fsp3) is 0.0909. The number of pyridine rings is 2. The van der Waals surface area contributed by atoms with E-state index in [1.807, 2.05) is 0 Å². The molecule has 2 aromatic heterocycles. The fourth-order valence-corrected chi connectivity index (χ4v) is 1.60. The Labute approximate surface area is 99.7 Å². The number of carboxylic acids is 2. The van der Waals surface area contributed by atoms with Crippen LogP contribution in [0.4, 0.5) is 0 Å². The second-order valence-electron chi connectivity index (χ2n) is 3.71. The highest BCUT2D eigenvalue weighted by Crippen LogP contribution is 2.13. The summed E-state index contributed by atoms with van der Waals surface area (Å²) >= 11 is 0. The third-order valence-corrected chi connectivity index (χ3v) is 2.43. The number of H-pyrrole nitrogens is 1. The number of hydrogen-bond donors (Lipinski definition) is 3. The lowest BCUT2D eigenvalue weighted by Gasteiger charge is -2.04. The quantitative estimate of drug-likeness (QED) is 0.716. The van der Waals surface area contributed by atoms with Crippen LogP contribution in [0.1, 0.15) is 26.5 Å². The molecule has 0 saturated carbocycles. The lowest BCUT2D eigenvalue weighted by Crippen LogP contribution is -2.13. The average molecular weight is 248 g/mol. The number of carbonyl (C=O) groups is 2. The summed E-state index contributed by atoms with van der Waals surface area (Å²) in [5.74, 6) is -2.52. The van der Waals surface area contributed by atoms with Crippen molar-refractivity contribution >= 4 is 23.0 Å². The van der Waals surface area contributed by atoms with Crippen molar-refractivity contribution in [3.63, 3.8) is 0 Å². The van der Waals surface area contributed by atoms with Crippen molar-refractivity contribution in [2.45, 2.75) is 6.92 Å². The summed E-state index contributed by atoms with van der Waals surface area (Å²) in [6.45, 7) is 1.57. The summed E-state index contributed by atoms with van der Waals surface area (Å²) in [5.41, 5.74) is -0.568. The van der Waals surface area contributed by atoms with E-state index in [-0.39, 0.29) is 22.4 Å². The van der Waals surface area contributed by atoms with Gasteiger partial charge in [-0.25, -0.2) is 14.6 Å². The lowest BCUT2D eigenvalue weighted by molar-refractivity contribution is 0.0679. The van der Waals surface area contributed by atoms with Gasteiger partial charge >= 0.3 is 11.9 Å². The minimum Gasteiger partial charge on any atom is -0.477 e. The molecule has 92 valence electrons. The summed E-state index contributed by atoms with van der Waals surface area (Å²) in [6.07, 6.45) is 0. The Hall–Kier alpha value is -2.70. The van der Waals surface area contributed by atoms with Crippen LogP contribution in [-0.2, 0) is 0 Å². The van der Waals surface area contributed by atoms with Gasteiger partial charge in [0, 0.05) is 6.07 Å². The first-order valence-electron chi connectivity index (χ1n) is 4.91. The molecule has 0 bridgehead atoms. The molecule has 0 aliphatic rings. The second kappa shape index (κ2) is 3.95. The average Bonchev–Trinajstić information content (AvgIpc) is 2.29. The van der Waals surface area contributed by atoms with Crippen molar-refractivity contribution < 1.29 is 19.8 Å². The maximum absolute atomic E-state index is 11.7. The molecule has 7 heteroatoms. The van der Waals surface area contributed by atoms with E-state index in [0.717, 1.165) is 6.07 Å². The number of fused-ring (bicyclic) bond motifs is 1. The van der Waals surface area contributed by atoms with Crippen molar-refractivity contribution in [1.29, 1.82) is 0 Å². The van der Waals surface area contributed by atoms with Crippen molar-refractivity contribution in [3.05, 3.63) is 39.3 Å². The zero-order valence-electron chi connectivity index (χ0n) is 9.22. The normalized spacial score (nSPS) is 10.5. The summed E-state index contributed by atoms with van der Waals surface area (Å²) in [5, 5.41) is 17.7. The first-order valence-corrected chi connectivity index (χ1v) is 4.91. The Kier molecular flexibility index (Phi) is 2.59. The summed E-state index contributed by atoms with van der Waals surface area (Å²) in [4.78, 5) is 39.6. The number of aromatic amines is 1. The van der Waals surface area contributed by atoms with Gasteiger partial charge in [0.1, 0.15) is 16.9 Å². The predicted molar refractivity (Wildman–Crippen MR) is 61.0 cm³/mol. The van der Waals surface area contributed by atoms with E-state index < -0.39 is 17.4 Å². The maximum Gasteiger partial charge on any atom is 0.354 e. The van der Waals surface area contributed by atoms with Crippen LogP contribution < -0.4 is 5.43 Å². The van der Waals surface area contributed by atoms with E-state index in [1.165, 1.54) is 6.07 Å². The topological polar surface area (TPSA) is 120 Å². The molecule has 7 nitrogen and oxygen atoms in total. The van der Waals surface area contributed by atoms with Crippen LogP contribution in [0.5, 0.6) is 0 Å². The van der Waals surface area contributed by atoms with Gasteiger partial charge in [0.2, 0.25) is 5.43 Å². The molecule has 0 fully saturated rings. The van der Waals surface area contributed by atoms with E-state index in [2.05, 4.69) is 9.97 Å². The molecule has 0 atom stereocenters. The van der Waals surface area contributed by atoms with Gasteiger partial charge in [0.25, 0.3) is 0 Å². The number of aromatic carboxylic acids is 2. The third kappa shape index (κ3) is 1.81. The minimum atomic E-state index is -1.27. The van der Waals surface area contributed by atoms with E-state index in [9.17, 15) is 14.4 Å². The van der Waals surface area contributed by atoms with Crippen molar-refractivity contribution in [1.82, 2.24) is 9.97 Å². The van der Waals surface area contributed by atoms with Crippen molar-refractivity contribution in [2.24, 2.45) is 0 Å². The van der Waals surface area contributed by atoms with Crippen LogP contribution >= 0.6 is 0 Å². The molecule has 0 saturated heterocycles. The van der Waals surface area contributed by atoms with Crippen molar-refractivity contribution in [3.8, 4) is 0 Å². The Morgan fingerprint density at radius 3 is 2.44 bits per heavy atom. The van der Waals surface area contributed by atoms with Crippen LogP contribution in [0.2, 0.25) is 0 Å². The maximum atomic E-state index is 11.7. The molecule has 18 heavy (non-hydrogen) atoms. The number of carboxylic acid groups (broad SMARTS) is 2. The van der Waals surface area contributed by atoms with E-state index in [4.69, 9.17) is 10.2 Å². The number of rotatable bonds is 2. The van der Waals surface area contributed by atoms with Crippen LogP contribution in [0.25, 0.3) is 11.0 Å². The van der Waals surface area contributed by atoms with Gasteiger partial charge in [-0.2, -0.15) is 0 Å². The van der Waals surface area contributed by atoms with Gasteiger partial charge in [-0.05, 0) is 18.6 Å². The number of aryl methyl sites for hydroxylation is 1. The molecule has 0 unspecified atom stereocenters. The fourth-order valence-electron chi connectivity index (χ4n) is 1.60. The standard InChI is InChI=1S/C11H8N2O5/c1-4-2-5(10(15)16)13-9-7(14)3-6(11(17)18)12-8(4)9/h2-3H,1H3,(H,12,14)(H,15,16)(H,17,18). The van der Waals surface area contributed by atoms with E-state index >= 15 is 0 Å². The molecule has 3 N–H and O–H groups in total. The summed E-state index contributed by atoms with van der Waals surface area (Å²) in [6, 6.07) is 2.15. The van der Waals surface area contributed by atoms with Crippen LogP contribution in [-0.4, -0.2) is 32.1 Å². The SMILES string of the molecule is Cc1cc(C(=O)O)nc2c(=O)cc(C(=O)O)[nH]c12. The summed E-state index contributed by atoms with van der Waals surface area (Å²) < 4.78 is 0. The molecule has 0 aliphatic heterocycles. The number of nitrogens with zero attached hydrogens (tertiary/aromatic N) is 1. The minimum absolute atomic E-state index is 0.0857. The second-order valence-corrected chi connectivity index (χ2v) is 3.71. The van der Waals surface area contributed by atoms with Crippen LogP contribution in [0, 0.1) is 6.92 Å². The number of aromatic nitrogens is 2.